The maximum Gasteiger partial charge on any atom is 0.310 e. The summed E-state index contributed by atoms with van der Waals surface area (Å²) in [6.45, 7) is 13.9. The van der Waals surface area contributed by atoms with Crippen LogP contribution in [0.4, 0.5) is 0 Å². The number of hydrogen-bond acceptors (Lipinski definition) is 7. The summed E-state index contributed by atoms with van der Waals surface area (Å²) in [6.07, 6.45) is 6.03. The molecule has 0 bridgehead atoms. The lowest BCUT2D eigenvalue weighted by atomic mass is 9.33. The lowest BCUT2D eigenvalue weighted by molar-refractivity contribution is -0.312. The molecule has 0 spiro atoms. The molecule has 1 heterocycles. The number of carbonyl (C=O) groups is 1. The van der Waals surface area contributed by atoms with Gasteiger partial charge in [-0.15, -0.1) is 0 Å². The maximum absolute atomic E-state index is 12.9. The minimum atomic E-state index is -1.36. The van der Waals surface area contributed by atoms with Gasteiger partial charge in [0.2, 0.25) is 0 Å². The van der Waals surface area contributed by atoms with Crippen LogP contribution in [0.25, 0.3) is 0 Å². The minimum absolute atomic E-state index is 0.0154. The van der Waals surface area contributed by atoms with Gasteiger partial charge in [0.25, 0.3) is 0 Å². The van der Waals surface area contributed by atoms with Gasteiger partial charge in [-0.2, -0.15) is 0 Å². The zero-order valence-electron chi connectivity index (χ0n) is 27.1. The third-order valence-corrected chi connectivity index (χ3v) is 14.9. The Morgan fingerprint density at radius 1 is 0.930 bits per heavy atom. The Morgan fingerprint density at radius 2 is 1.63 bits per heavy atom. The van der Waals surface area contributed by atoms with Gasteiger partial charge in [-0.3, -0.25) is 4.79 Å². The Hall–Kier alpha value is -1.03. The summed E-state index contributed by atoms with van der Waals surface area (Å²) in [5, 5.41) is 52.3. The number of rotatable bonds is 4. The highest BCUT2D eigenvalue weighted by Gasteiger charge is 2.70. The van der Waals surface area contributed by atoms with Crippen LogP contribution in [0.15, 0.2) is 11.6 Å². The summed E-state index contributed by atoms with van der Waals surface area (Å²) < 4.78 is 12.0. The smallest absolute Gasteiger partial charge is 0.310 e. The first-order chi connectivity index (χ1) is 20.0. The zero-order valence-corrected chi connectivity index (χ0v) is 27.1. The summed E-state index contributed by atoms with van der Waals surface area (Å²) in [7, 11) is 0. The second-order valence-corrected chi connectivity index (χ2v) is 17.3. The van der Waals surface area contributed by atoms with Crippen molar-refractivity contribution in [2.75, 3.05) is 13.2 Å². The largest absolute Gasteiger partial charge is 0.481 e. The van der Waals surface area contributed by atoms with E-state index in [1.165, 1.54) is 5.57 Å². The lowest BCUT2D eigenvalue weighted by Gasteiger charge is -2.71. The molecule has 8 nitrogen and oxygen atoms in total. The van der Waals surface area contributed by atoms with Gasteiger partial charge in [0.1, 0.15) is 18.3 Å². The fourth-order valence-electron chi connectivity index (χ4n) is 11.9. The molecule has 1 unspecified atom stereocenters. The van der Waals surface area contributed by atoms with Crippen LogP contribution in [0.5, 0.6) is 0 Å². The fourth-order valence-corrected chi connectivity index (χ4v) is 11.9. The first kappa shape index (κ1) is 31.9. The van der Waals surface area contributed by atoms with Crippen LogP contribution in [-0.2, 0) is 14.3 Å². The van der Waals surface area contributed by atoms with Gasteiger partial charge in [-0.1, -0.05) is 53.2 Å². The van der Waals surface area contributed by atoms with Gasteiger partial charge >= 0.3 is 5.97 Å². The number of carboxylic acids is 1. The molecule has 5 N–H and O–H groups in total. The molecule has 244 valence electrons. The molecule has 1 saturated heterocycles. The molecule has 8 heteroatoms. The van der Waals surface area contributed by atoms with E-state index >= 15 is 0 Å². The van der Waals surface area contributed by atoms with Crippen molar-refractivity contribution in [3.63, 3.8) is 0 Å². The topological polar surface area (TPSA) is 137 Å². The van der Waals surface area contributed by atoms with E-state index in [9.17, 15) is 30.3 Å². The van der Waals surface area contributed by atoms with Crippen molar-refractivity contribution in [3.8, 4) is 0 Å². The van der Waals surface area contributed by atoms with Crippen molar-refractivity contribution in [2.45, 2.75) is 136 Å². The van der Waals surface area contributed by atoms with Crippen LogP contribution < -0.4 is 0 Å². The molecule has 13 atom stereocenters. The molecule has 43 heavy (non-hydrogen) atoms. The molecule has 6 rings (SSSR count). The van der Waals surface area contributed by atoms with E-state index in [4.69, 9.17) is 9.47 Å². The Labute approximate surface area is 257 Å². The van der Waals surface area contributed by atoms with Crippen LogP contribution in [-0.4, -0.2) is 75.4 Å². The number of allylic oxidation sites excluding steroid dienone is 2. The van der Waals surface area contributed by atoms with E-state index in [-0.39, 0.29) is 52.8 Å². The van der Waals surface area contributed by atoms with Crippen molar-refractivity contribution in [3.05, 3.63) is 11.6 Å². The van der Waals surface area contributed by atoms with E-state index in [2.05, 4.69) is 47.6 Å². The normalized spacial score (nSPS) is 54.3. The van der Waals surface area contributed by atoms with Crippen LogP contribution in [0, 0.1) is 50.2 Å². The molecule has 6 aliphatic rings. The average molecular weight is 605 g/mol. The van der Waals surface area contributed by atoms with Crippen LogP contribution in [0.2, 0.25) is 0 Å². The van der Waals surface area contributed by atoms with Crippen LogP contribution in [0.3, 0.4) is 0 Å². The number of hydrogen-bond donors (Lipinski definition) is 5. The predicted octanol–water partition coefficient (Wildman–Crippen LogP) is 4.67. The fraction of sp³-hybridized carbons (Fsp3) is 0.914. The van der Waals surface area contributed by atoms with E-state index in [1.54, 1.807) is 0 Å². The lowest BCUT2D eigenvalue weighted by Crippen LogP contribution is -2.66. The van der Waals surface area contributed by atoms with Crippen molar-refractivity contribution in [1.82, 2.24) is 0 Å². The highest BCUT2D eigenvalue weighted by atomic mass is 16.7. The van der Waals surface area contributed by atoms with Gasteiger partial charge in [0.05, 0.1) is 24.7 Å². The molecule has 5 fully saturated rings. The predicted molar refractivity (Wildman–Crippen MR) is 161 cm³/mol. The third-order valence-electron chi connectivity index (χ3n) is 14.9. The monoisotopic (exact) mass is 604 g/mol. The number of ether oxygens (including phenoxy) is 2. The molecule has 4 saturated carbocycles. The Morgan fingerprint density at radius 3 is 2.30 bits per heavy atom. The molecule has 5 aliphatic carbocycles. The molecule has 0 aromatic heterocycles. The maximum atomic E-state index is 12.9. The minimum Gasteiger partial charge on any atom is -0.481 e. The summed E-state index contributed by atoms with van der Waals surface area (Å²) >= 11 is 0. The summed E-state index contributed by atoms with van der Waals surface area (Å²) in [4.78, 5) is 12.9. The molecule has 0 radical (unpaired) electrons. The van der Waals surface area contributed by atoms with Crippen LogP contribution in [0.1, 0.15) is 106 Å². The van der Waals surface area contributed by atoms with Gasteiger partial charge < -0.3 is 35.0 Å². The molecule has 0 amide bonds. The van der Waals surface area contributed by atoms with E-state index in [0.717, 1.165) is 57.8 Å². The van der Waals surface area contributed by atoms with Crippen LogP contribution >= 0.6 is 0 Å². The first-order valence-electron chi connectivity index (χ1n) is 16.9. The number of aliphatic carboxylic acids is 1. The molecular weight excluding hydrogens is 548 g/mol. The van der Waals surface area contributed by atoms with Gasteiger partial charge in [-0.25, -0.2) is 0 Å². The number of fused-ring (bicyclic) bond motifs is 7. The SMILES string of the molecule is CC1(C)CC[C@]2(C(=O)O)CC[C@]3(C)C(=CC[C@@H]4[C@@]5(C)CC[C@H](O[C@@H]6OC[C@@H](O)[C@H](O)[C@H]6O)[C@@](C)(CO)C5CC[C@]43C)[C@H]2C1. The van der Waals surface area contributed by atoms with Gasteiger partial charge in [0, 0.05) is 5.41 Å². The van der Waals surface area contributed by atoms with E-state index < -0.39 is 41.4 Å². The van der Waals surface area contributed by atoms with Gasteiger partial charge in [0.15, 0.2) is 6.29 Å². The molecule has 0 aromatic carbocycles. The van der Waals surface area contributed by atoms with Crippen molar-refractivity contribution < 1.29 is 39.8 Å². The van der Waals surface area contributed by atoms with Crippen molar-refractivity contribution in [2.24, 2.45) is 50.2 Å². The highest BCUT2D eigenvalue weighted by molar-refractivity contribution is 5.76. The Kier molecular flexibility index (Phi) is 7.60. The number of aliphatic hydroxyl groups excluding tert-OH is 4. The highest BCUT2D eigenvalue weighted by Crippen LogP contribution is 2.76. The second kappa shape index (κ2) is 10.2. The third kappa shape index (κ3) is 4.32. The summed E-state index contributed by atoms with van der Waals surface area (Å²) in [6, 6.07) is 0. The quantitative estimate of drug-likeness (QED) is 0.231. The van der Waals surface area contributed by atoms with E-state index in [1.807, 2.05) is 0 Å². The number of aliphatic hydroxyl groups is 4. The first-order valence-corrected chi connectivity index (χ1v) is 16.9. The standard InChI is InChI=1S/C35H56O8/c1-30(2)13-15-35(29(40)41)16-14-33(5)20(21(35)17-30)7-8-24-31(3)11-10-25(43-28-27(39)26(38)22(37)18-42-28)32(4,19-36)23(31)9-12-34(24,33)6/h7,21-28,36-39H,8-19H2,1-6H3,(H,40,41)/t21-,22-,23?,24-,25+,26+,27-,28+,31+,32+,33-,34-,35+/m1/s1. The Bertz CT molecular complexity index is 1150. The molecular formula is C35H56O8. The van der Waals surface area contributed by atoms with E-state index in [0.29, 0.717) is 12.3 Å². The summed E-state index contributed by atoms with van der Waals surface area (Å²) in [5.41, 5.74) is 0.232. The molecule has 0 aromatic rings. The average Bonchev–Trinajstić information content (AvgIpc) is 2.94. The summed E-state index contributed by atoms with van der Waals surface area (Å²) in [5.74, 6) is 0.0529. The van der Waals surface area contributed by atoms with Crippen molar-refractivity contribution >= 4 is 5.97 Å². The second-order valence-electron chi connectivity index (χ2n) is 17.3. The number of carboxylic acid groups (broad SMARTS) is 1. The van der Waals surface area contributed by atoms with Crippen molar-refractivity contribution in [1.29, 1.82) is 0 Å². The zero-order chi connectivity index (χ0) is 31.4. The molecule has 1 aliphatic heterocycles. The Balaban J connectivity index is 1.32. The van der Waals surface area contributed by atoms with Gasteiger partial charge in [-0.05, 0) is 104 Å².